The fourth-order valence-electron chi connectivity index (χ4n) is 4.03. The number of sulfonamides is 1. The van der Waals surface area contributed by atoms with Crippen LogP contribution in [0.4, 0.5) is 5.69 Å². The molecule has 1 aromatic heterocycles. The van der Waals surface area contributed by atoms with E-state index in [0.29, 0.717) is 24.7 Å². The minimum absolute atomic E-state index is 0.0613. The molecule has 180 valence electrons. The molecule has 0 spiro atoms. The fraction of sp³-hybridized carbons (Fsp3) is 0.375. The molecule has 0 saturated heterocycles. The molecule has 0 aliphatic carbocycles. The summed E-state index contributed by atoms with van der Waals surface area (Å²) in [6, 6.07) is 13.0. The van der Waals surface area contributed by atoms with E-state index in [9.17, 15) is 13.2 Å². The quantitative estimate of drug-likeness (QED) is 0.519. The number of aromatic nitrogens is 3. The highest BCUT2D eigenvalue weighted by Crippen LogP contribution is 2.32. The summed E-state index contributed by atoms with van der Waals surface area (Å²) in [5.41, 5.74) is 3.85. The molecular weight excluding hydrogens is 470 g/mol. The number of rotatable bonds is 6. The Morgan fingerprint density at radius 2 is 1.82 bits per heavy atom. The average Bonchev–Trinajstić information content (AvgIpc) is 3.39. The van der Waals surface area contributed by atoms with Crippen LogP contribution < -0.4 is 10.0 Å². The van der Waals surface area contributed by atoms with E-state index in [1.807, 2.05) is 11.5 Å². The number of anilines is 1. The first kappa shape index (κ1) is 24.4. The van der Waals surface area contributed by atoms with Crippen LogP contribution in [0.2, 0.25) is 0 Å². The molecule has 0 saturated carbocycles. The molecule has 10 heteroatoms. The summed E-state index contributed by atoms with van der Waals surface area (Å²) in [5.74, 6) is 0.922. The molecule has 2 heterocycles. The summed E-state index contributed by atoms with van der Waals surface area (Å²) < 4.78 is 25.2. The highest BCUT2D eigenvalue weighted by atomic mass is 32.2. The van der Waals surface area contributed by atoms with Crippen molar-refractivity contribution in [1.29, 1.82) is 0 Å². The Kier molecular flexibility index (Phi) is 6.58. The van der Waals surface area contributed by atoms with E-state index in [0.717, 1.165) is 22.6 Å². The summed E-state index contributed by atoms with van der Waals surface area (Å²) in [7, 11) is -3.77. The van der Waals surface area contributed by atoms with Gasteiger partial charge in [0.15, 0.2) is 11.0 Å². The van der Waals surface area contributed by atoms with Crippen molar-refractivity contribution in [1.82, 2.24) is 14.8 Å². The van der Waals surface area contributed by atoms with E-state index in [2.05, 4.69) is 55.2 Å². The van der Waals surface area contributed by atoms with E-state index in [4.69, 9.17) is 5.14 Å². The minimum atomic E-state index is -3.77. The third-order valence-corrected chi connectivity index (χ3v) is 7.81. The normalized spacial score (nSPS) is 13.9. The number of carbonyl (C=O) groups is 1. The molecule has 0 unspecified atom stereocenters. The SMILES string of the molecule is CCn1c(SCC(=O)N2CCc3cc(S(N)(=O)=O)ccc32)nnc1-c1ccc(C(C)(C)C)cc1. The van der Waals surface area contributed by atoms with Gasteiger partial charge in [0, 0.05) is 24.3 Å². The van der Waals surface area contributed by atoms with Crippen LogP contribution in [0.15, 0.2) is 52.5 Å². The summed E-state index contributed by atoms with van der Waals surface area (Å²) in [5, 5.41) is 14.7. The number of carbonyl (C=O) groups excluding carboxylic acids is 1. The predicted octanol–water partition coefficient (Wildman–Crippen LogP) is 3.59. The van der Waals surface area contributed by atoms with Gasteiger partial charge in [0.2, 0.25) is 15.9 Å². The second-order valence-corrected chi connectivity index (χ2v) is 11.8. The predicted molar refractivity (Wildman–Crippen MR) is 134 cm³/mol. The lowest BCUT2D eigenvalue weighted by molar-refractivity contribution is -0.116. The van der Waals surface area contributed by atoms with Crippen molar-refractivity contribution in [2.45, 2.75) is 56.1 Å². The van der Waals surface area contributed by atoms with Crippen LogP contribution in [-0.4, -0.2) is 41.4 Å². The maximum absolute atomic E-state index is 13.0. The first-order valence-corrected chi connectivity index (χ1v) is 13.6. The molecule has 1 aliphatic heterocycles. The Bertz CT molecular complexity index is 1330. The number of hydrogen-bond acceptors (Lipinski definition) is 6. The largest absolute Gasteiger partial charge is 0.311 e. The topological polar surface area (TPSA) is 111 Å². The van der Waals surface area contributed by atoms with Gasteiger partial charge in [-0.2, -0.15) is 0 Å². The molecule has 8 nitrogen and oxygen atoms in total. The molecule has 1 amide bonds. The number of hydrogen-bond donors (Lipinski definition) is 1. The third-order valence-electron chi connectivity index (χ3n) is 5.94. The monoisotopic (exact) mass is 499 g/mol. The molecular formula is C24H29N5O3S2. The summed E-state index contributed by atoms with van der Waals surface area (Å²) >= 11 is 1.35. The van der Waals surface area contributed by atoms with Crippen LogP contribution in [0.3, 0.4) is 0 Å². The Morgan fingerprint density at radius 1 is 1.12 bits per heavy atom. The van der Waals surface area contributed by atoms with Gasteiger partial charge in [-0.3, -0.25) is 4.79 Å². The number of thioether (sulfide) groups is 1. The summed E-state index contributed by atoms with van der Waals surface area (Å²) in [6.45, 7) is 9.76. The summed E-state index contributed by atoms with van der Waals surface area (Å²) in [4.78, 5) is 14.7. The number of primary sulfonamides is 1. The van der Waals surface area contributed by atoms with E-state index in [1.54, 1.807) is 17.0 Å². The van der Waals surface area contributed by atoms with Crippen molar-refractivity contribution < 1.29 is 13.2 Å². The highest BCUT2D eigenvalue weighted by molar-refractivity contribution is 7.99. The maximum Gasteiger partial charge on any atom is 0.238 e. The van der Waals surface area contributed by atoms with Crippen LogP contribution in [0.25, 0.3) is 11.4 Å². The van der Waals surface area contributed by atoms with Gasteiger partial charge in [-0.1, -0.05) is 56.8 Å². The van der Waals surface area contributed by atoms with Gasteiger partial charge in [-0.05, 0) is 48.1 Å². The van der Waals surface area contributed by atoms with Crippen molar-refractivity contribution in [2.24, 2.45) is 5.14 Å². The van der Waals surface area contributed by atoms with Crippen LogP contribution in [-0.2, 0) is 33.2 Å². The lowest BCUT2D eigenvalue weighted by Crippen LogP contribution is -2.30. The van der Waals surface area contributed by atoms with Crippen molar-refractivity contribution in [3.63, 3.8) is 0 Å². The molecule has 0 radical (unpaired) electrons. The Hall–Kier alpha value is -2.69. The molecule has 2 aromatic carbocycles. The minimum Gasteiger partial charge on any atom is -0.311 e. The lowest BCUT2D eigenvalue weighted by atomic mass is 9.87. The van der Waals surface area contributed by atoms with Crippen LogP contribution in [0.1, 0.15) is 38.8 Å². The van der Waals surface area contributed by atoms with Crippen LogP contribution in [0, 0.1) is 0 Å². The first-order chi connectivity index (χ1) is 16.0. The molecule has 0 fully saturated rings. The Labute approximate surface area is 204 Å². The first-order valence-electron chi connectivity index (χ1n) is 11.1. The number of benzene rings is 2. The van der Waals surface area contributed by atoms with E-state index < -0.39 is 10.0 Å². The molecule has 34 heavy (non-hydrogen) atoms. The molecule has 0 bridgehead atoms. The summed E-state index contributed by atoms with van der Waals surface area (Å²) in [6.07, 6.45) is 0.592. The van der Waals surface area contributed by atoms with Crippen molar-refractivity contribution in [3.05, 3.63) is 53.6 Å². The third kappa shape index (κ3) is 4.89. The number of amides is 1. The van der Waals surface area contributed by atoms with Crippen molar-refractivity contribution in [3.8, 4) is 11.4 Å². The molecule has 2 N–H and O–H groups in total. The van der Waals surface area contributed by atoms with Gasteiger partial charge >= 0.3 is 0 Å². The zero-order valence-electron chi connectivity index (χ0n) is 19.8. The molecule has 4 rings (SSSR count). The molecule has 1 aliphatic rings. The van der Waals surface area contributed by atoms with Gasteiger partial charge in [0.25, 0.3) is 0 Å². The van der Waals surface area contributed by atoms with E-state index in [1.165, 1.54) is 23.4 Å². The Balaban J connectivity index is 1.48. The fourth-order valence-corrected chi connectivity index (χ4v) is 5.47. The molecule has 0 atom stereocenters. The highest BCUT2D eigenvalue weighted by Gasteiger charge is 2.27. The van der Waals surface area contributed by atoms with Crippen LogP contribution >= 0.6 is 11.8 Å². The van der Waals surface area contributed by atoms with Crippen molar-refractivity contribution >= 4 is 33.4 Å². The van der Waals surface area contributed by atoms with E-state index in [-0.39, 0.29) is 22.0 Å². The number of nitrogens with zero attached hydrogens (tertiary/aromatic N) is 4. The number of fused-ring (bicyclic) bond motifs is 1. The van der Waals surface area contributed by atoms with Gasteiger partial charge in [0.05, 0.1) is 10.6 Å². The zero-order chi connectivity index (χ0) is 24.7. The van der Waals surface area contributed by atoms with E-state index >= 15 is 0 Å². The lowest BCUT2D eigenvalue weighted by Gasteiger charge is -2.19. The van der Waals surface area contributed by atoms with Crippen molar-refractivity contribution in [2.75, 3.05) is 17.2 Å². The Morgan fingerprint density at radius 3 is 2.44 bits per heavy atom. The van der Waals surface area contributed by atoms with Gasteiger partial charge in [0.1, 0.15) is 0 Å². The van der Waals surface area contributed by atoms with Gasteiger partial charge in [-0.25, -0.2) is 13.6 Å². The number of nitrogens with two attached hydrogens (primary N) is 1. The standard InChI is InChI=1S/C24H29N5O3S2/c1-5-28-22(16-6-8-18(9-7-16)24(2,3)4)26-27-23(28)33-15-21(30)29-13-12-17-14-19(34(25,31)32)10-11-20(17)29/h6-11,14H,5,12-13,15H2,1-4H3,(H2,25,31,32). The zero-order valence-corrected chi connectivity index (χ0v) is 21.4. The second-order valence-electron chi connectivity index (χ2n) is 9.30. The maximum atomic E-state index is 13.0. The van der Waals surface area contributed by atoms with Crippen LogP contribution in [0.5, 0.6) is 0 Å². The van der Waals surface area contributed by atoms with Gasteiger partial charge in [-0.15, -0.1) is 10.2 Å². The smallest absolute Gasteiger partial charge is 0.238 e. The van der Waals surface area contributed by atoms with Gasteiger partial charge < -0.3 is 9.47 Å². The second kappa shape index (κ2) is 9.16. The molecule has 3 aromatic rings. The average molecular weight is 500 g/mol.